The van der Waals surface area contributed by atoms with Gasteiger partial charge in [-0.1, -0.05) is 20.8 Å². The van der Waals surface area contributed by atoms with Gasteiger partial charge in [-0.15, -0.1) is 0 Å². The first-order valence-corrected chi connectivity index (χ1v) is 5.74. The van der Waals surface area contributed by atoms with Crippen molar-refractivity contribution in [3.05, 3.63) is 0 Å². The SMILES string of the molecule is CC1CC(C)(C)CC(CN)(CCO)C1. The van der Waals surface area contributed by atoms with Crippen molar-refractivity contribution >= 4 is 0 Å². The Morgan fingerprint density at radius 2 is 2.00 bits per heavy atom. The Bertz CT molecular complexity index is 191. The fourth-order valence-corrected chi connectivity index (χ4v) is 3.60. The lowest BCUT2D eigenvalue weighted by molar-refractivity contribution is 0.0330. The van der Waals surface area contributed by atoms with Crippen LogP contribution in [0.2, 0.25) is 0 Å². The summed E-state index contributed by atoms with van der Waals surface area (Å²) in [5, 5.41) is 9.12. The average molecular weight is 199 g/mol. The van der Waals surface area contributed by atoms with Crippen molar-refractivity contribution in [3.63, 3.8) is 0 Å². The molecule has 1 fully saturated rings. The lowest BCUT2D eigenvalue weighted by atomic mass is 9.59. The summed E-state index contributed by atoms with van der Waals surface area (Å²) < 4.78 is 0. The van der Waals surface area contributed by atoms with Gasteiger partial charge in [-0.3, -0.25) is 0 Å². The molecule has 2 unspecified atom stereocenters. The van der Waals surface area contributed by atoms with E-state index in [4.69, 9.17) is 10.8 Å². The fourth-order valence-electron chi connectivity index (χ4n) is 3.60. The molecule has 0 aliphatic heterocycles. The fraction of sp³-hybridized carbons (Fsp3) is 1.00. The van der Waals surface area contributed by atoms with E-state index < -0.39 is 0 Å². The van der Waals surface area contributed by atoms with E-state index in [1.165, 1.54) is 19.3 Å². The molecule has 0 saturated heterocycles. The Balaban J connectivity index is 2.75. The highest BCUT2D eigenvalue weighted by molar-refractivity contribution is 4.93. The van der Waals surface area contributed by atoms with Crippen molar-refractivity contribution in [2.75, 3.05) is 13.2 Å². The molecule has 1 aliphatic carbocycles. The van der Waals surface area contributed by atoms with E-state index in [0.717, 1.165) is 18.9 Å². The topological polar surface area (TPSA) is 46.2 Å². The Hall–Kier alpha value is -0.0800. The molecule has 2 heteroatoms. The highest BCUT2D eigenvalue weighted by Gasteiger charge is 2.41. The Morgan fingerprint density at radius 3 is 2.43 bits per heavy atom. The summed E-state index contributed by atoms with van der Waals surface area (Å²) in [6.45, 7) is 7.96. The molecule has 2 nitrogen and oxygen atoms in total. The van der Waals surface area contributed by atoms with Gasteiger partial charge in [0.1, 0.15) is 0 Å². The monoisotopic (exact) mass is 199 g/mol. The standard InChI is InChI=1S/C12H25NO/c1-10-6-11(2,3)8-12(7-10,9-13)4-5-14/h10,14H,4-9,13H2,1-3H3. The second-order valence-electron chi connectivity index (χ2n) is 6.03. The maximum Gasteiger partial charge on any atom is 0.0436 e. The molecule has 0 amide bonds. The van der Waals surface area contributed by atoms with E-state index in [1.807, 2.05) is 0 Å². The molecule has 0 heterocycles. The van der Waals surface area contributed by atoms with Gasteiger partial charge in [0.25, 0.3) is 0 Å². The molecule has 0 radical (unpaired) electrons. The molecule has 1 rings (SSSR count). The summed E-state index contributed by atoms with van der Waals surface area (Å²) in [6.07, 6.45) is 4.52. The first-order chi connectivity index (χ1) is 6.43. The van der Waals surface area contributed by atoms with Crippen LogP contribution < -0.4 is 5.73 Å². The Kier molecular flexibility index (Phi) is 3.59. The zero-order valence-corrected chi connectivity index (χ0v) is 9.84. The van der Waals surface area contributed by atoms with Gasteiger partial charge in [-0.2, -0.15) is 0 Å². The molecule has 0 aromatic carbocycles. The molecule has 1 saturated carbocycles. The van der Waals surface area contributed by atoms with E-state index in [9.17, 15) is 0 Å². The van der Waals surface area contributed by atoms with Crippen molar-refractivity contribution in [1.82, 2.24) is 0 Å². The minimum atomic E-state index is 0.204. The van der Waals surface area contributed by atoms with Crippen molar-refractivity contribution < 1.29 is 5.11 Å². The van der Waals surface area contributed by atoms with Crippen LogP contribution in [0.4, 0.5) is 0 Å². The third-order valence-corrected chi connectivity index (χ3v) is 3.61. The first-order valence-electron chi connectivity index (χ1n) is 5.74. The smallest absolute Gasteiger partial charge is 0.0436 e. The number of aliphatic hydroxyl groups excluding tert-OH is 1. The highest BCUT2D eigenvalue weighted by atomic mass is 16.3. The van der Waals surface area contributed by atoms with E-state index in [0.29, 0.717) is 5.41 Å². The molecule has 14 heavy (non-hydrogen) atoms. The summed E-state index contributed by atoms with van der Waals surface area (Å²) >= 11 is 0. The summed E-state index contributed by atoms with van der Waals surface area (Å²) in [7, 11) is 0. The molecule has 2 atom stereocenters. The van der Waals surface area contributed by atoms with Crippen molar-refractivity contribution in [2.45, 2.75) is 46.5 Å². The Morgan fingerprint density at radius 1 is 1.36 bits per heavy atom. The number of nitrogens with two attached hydrogens (primary N) is 1. The second kappa shape index (κ2) is 4.19. The minimum absolute atomic E-state index is 0.204. The van der Waals surface area contributed by atoms with Gasteiger partial charge in [0.15, 0.2) is 0 Å². The predicted octanol–water partition coefficient (Wildman–Crippen LogP) is 2.16. The molecule has 0 aromatic rings. The normalized spacial score (nSPS) is 37.1. The van der Waals surface area contributed by atoms with Crippen LogP contribution in [-0.2, 0) is 0 Å². The number of rotatable bonds is 3. The summed E-state index contributed by atoms with van der Waals surface area (Å²) in [6, 6.07) is 0. The summed E-state index contributed by atoms with van der Waals surface area (Å²) in [4.78, 5) is 0. The number of hydrogen-bond acceptors (Lipinski definition) is 2. The van der Waals surface area contributed by atoms with Crippen molar-refractivity contribution in [2.24, 2.45) is 22.5 Å². The van der Waals surface area contributed by atoms with Crippen LogP contribution >= 0.6 is 0 Å². The molecule has 0 aromatic heterocycles. The van der Waals surface area contributed by atoms with Crippen LogP contribution in [0.25, 0.3) is 0 Å². The zero-order chi connectivity index (χ0) is 10.8. The van der Waals surface area contributed by atoms with Gasteiger partial charge < -0.3 is 10.8 Å². The van der Waals surface area contributed by atoms with Crippen LogP contribution in [0.15, 0.2) is 0 Å². The molecular weight excluding hydrogens is 174 g/mol. The van der Waals surface area contributed by atoms with Gasteiger partial charge in [0.2, 0.25) is 0 Å². The van der Waals surface area contributed by atoms with Crippen LogP contribution in [0.1, 0.15) is 46.5 Å². The lowest BCUT2D eigenvalue weighted by Gasteiger charge is -2.47. The minimum Gasteiger partial charge on any atom is -0.396 e. The number of hydrogen-bond donors (Lipinski definition) is 2. The van der Waals surface area contributed by atoms with Gasteiger partial charge in [-0.25, -0.2) is 0 Å². The molecule has 3 N–H and O–H groups in total. The van der Waals surface area contributed by atoms with E-state index in [-0.39, 0.29) is 12.0 Å². The zero-order valence-electron chi connectivity index (χ0n) is 9.84. The number of aliphatic hydroxyl groups is 1. The van der Waals surface area contributed by atoms with Crippen LogP contribution in [0.3, 0.4) is 0 Å². The van der Waals surface area contributed by atoms with Gasteiger partial charge >= 0.3 is 0 Å². The molecule has 0 spiro atoms. The van der Waals surface area contributed by atoms with E-state index in [2.05, 4.69) is 20.8 Å². The summed E-state index contributed by atoms with van der Waals surface area (Å²) in [5.41, 5.74) is 6.50. The Labute approximate surface area is 87.9 Å². The van der Waals surface area contributed by atoms with Crippen molar-refractivity contribution in [3.8, 4) is 0 Å². The lowest BCUT2D eigenvalue weighted by Crippen LogP contribution is -2.42. The predicted molar refractivity (Wildman–Crippen MR) is 60.0 cm³/mol. The third kappa shape index (κ3) is 2.71. The maximum atomic E-state index is 9.12. The largest absolute Gasteiger partial charge is 0.396 e. The van der Waals surface area contributed by atoms with Crippen LogP contribution in [0, 0.1) is 16.7 Å². The summed E-state index contributed by atoms with van der Waals surface area (Å²) in [5.74, 6) is 0.744. The van der Waals surface area contributed by atoms with Gasteiger partial charge in [0, 0.05) is 6.61 Å². The van der Waals surface area contributed by atoms with E-state index in [1.54, 1.807) is 0 Å². The van der Waals surface area contributed by atoms with Crippen LogP contribution in [0.5, 0.6) is 0 Å². The van der Waals surface area contributed by atoms with E-state index >= 15 is 0 Å². The molecular formula is C12H25NO. The van der Waals surface area contributed by atoms with Gasteiger partial charge in [-0.05, 0) is 49.0 Å². The average Bonchev–Trinajstić information content (AvgIpc) is 2.00. The molecule has 84 valence electrons. The van der Waals surface area contributed by atoms with Crippen LogP contribution in [-0.4, -0.2) is 18.3 Å². The highest BCUT2D eigenvalue weighted by Crippen LogP contribution is 2.49. The molecule has 1 aliphatic rings. The first kappa shape index (κ1) is 12.0. The van der Waals surface area contributed by atoms with Gasteiger partial charge in [0.05, 0.1) is 0 Å². The second-order valence-corrected chi connectivity index (χ2v) is 6.03. The van der Waals surface area contributed by atoms with Crippen molar-refractivity contribution in [1.29, 1.82) is 0 Å². The third-order valence-electron chi connectivity index (χ3n) is 3.61. The molecule has 0 bridgehead atoms. The maximum absolute atomic E-state index is 9.12. The quantitative estimate of drug-likeness (QED) is 0.731.